The van der Waals surface area contributed by atoms with Crippen LogP contribution in [0, 0.1) is 17.8 Å². The van der Waals surface area contributed by atoms with Crippen LogP contribution in [0.1, 0.15) is 46.0 Å². The maximum absolute atomic E-state index is 11.9. The molecule has 2 aliphatic carbocycles. The number of carbonyl (C=O) groups is 1. The van der Waals surface area contributed by atoms with Gasteiger partial charge in [-0.1, -0.05) is 6.42 Å². The van der Waals surface area contributed by atoms with Gasteiger partial charge in [0.15, 0.2) is 0 Å². The quantitative estimate of drug-likeness (QED) is 0.697. The van der Waals surface area contributed by atoms with E-state index in [2.05, 4.69) is 0 Å². The zero-order valence-electron chi connectivity index (χ0n) is 10.1. The monoisotopic (exact) mass is 210 g/mol. The van der Waals surface area contributed by atoms with Gasteiger partial charge < -0.3 is 4.74 Å². The fraction of sp³-hybridized carbons (Fsp3) is 0.923. The van der Waals surface area contributed by atoms with Crippen LogP contribution in [0.2, 0.25) is 0 Å². The van der Waals surface area contributed by atoms with E-state index in [4.69, 9.17) is 4.74 Å². The Morgan fingerprint density at radius 2 is 1.93 bits per heavy atom. The molecule has 2 nitrogen and oxygen atoms in total. The highest BCUT2D eigenvalue weighted by atomic mass is 16.5. The molecule has 2 unspecified atom stereocenters. The van der Waals surface area contributed by atoms with Gasteiger partial charge in [-0.25, -0.2) is 0 Å². The molecule has 0 heterocycles. The van der Waals surface area contributed by atoms with Crippen molar-refractivity contribution < 1.29 is 9.53 Å². The summed E-state index contributed by atoms with van der Waals surface area (Å²) in [6, 6.07) is 0. The number of rotatable bonds is 5. The first-order valence-corrected chi connectivity index (χ1v) is 6.13. The lowest BCUT2D eigenvalue weighted by atomic mass is 9.97. The fourth-order valence-corrected chi connectivity index (χ4v) is 2.99. The van der Waals surface area contributed by atoms with Crippen molar-refractivity contribution >= 4 is 5.78 Å². The Balaban J connectivity index is 1.75. The van der Waals surface area contributed by atoms with E-state index in [1.54, 1.807) is 7.11 Å². The number of fused-ring (bicyclic) bond motifs is 1. The molecule has 2 heteroatoms. The standard InChI is InChI=1S/C13H22O2/c1-13(2,15-3)8-7-11(14)12-9-5-4-6-10(9)12/h9-10,12H,4-8H2,1-3H3. The molecule has 2 atom stereocenters. The second-order valence-corrected chi connectivity index (χ2v) is 5.71. The van der Waals surface area contributed by atoms with Crippen LogP contribution < -0.4 is 0 Å². The molecule has 15 heavy (non-hydrogen) atoms. The number of hydrogen-bond acceptors (Lipinski definition) is 2. The summed E-state index contributed by atoms with van der Waals surface area (Å²) in [5, 5.41) is 0. The van der Waals surface area contributed by atoms with E-state index in [0.29, 0.717) is 18.1 Å². The fourth-order valence-electron chi connectivity index (χ4n) is 2.99. The average molecular weight is 210 g/mol. The predicted molar refractivity (Wildman–Crippen MR) is 59.7 cm³/mol. The highest BCUT2D eigenvalue weighted by Crippen LogP contribution is 2.58. The summed E-state index contributed by atoms with van der Waals surface area (Å²) in [6.07, 6.45) is 5.52. The van der Waals surface area contributed by atoms with E-state index in [0.717, 1.165) is 18.3 Å². The molecule has 0 aromatic carbocycles. The smallest absolute Gasteiger partial charge is 0.136 e. The topological polar surface area (TPSA) is 26.3 Å². The first-order valence-electron chi connectivity index (χ1n) is 6.13. The van der Waals surface area contributed by atoms with Gasteiger partial charge in [-0.3, -0.25) is 4.79 Å². The summed E-state index contributed by atoms with van der Waals surface area (Å²) in [4.78, 5) is 11.9. The first kappa shape index (κ1) is 11.1. The van der Waals surface area contributed by atoms with Crippen LogP contribution >= 0.6 is 0 Å². The molecule has 0 aromatic heterocycles. The van der Waals surface area contributed by atoms with Crippen molar-refractivity contribution in [3.8, 4) is 0 Å². The average Bonchev–Trinajstić information content (AvgIpc) is 2.69. The lowest BCUT2D eigenvalue weighted by molar-refractivity contribution is -0.122. The van der Waals surface area contributed by atoms with E-state index < -0.39 is 0 Å². The molecule has 0 saturated heterocycles. The van der Waals surface area contributed by atoms with Gasteiger partial charge in [0, 0.05) is 19.4 Å². The van der Waals surface area contributed by atoms with Crippen molar-refractivity contribution in [2.24, 2.45) is 17.8 Å². The number of Topliss-reactive ketones (excluding diaryl/α,β-unsaturated/α-hetero) is 1. The van der Waals surface area contributed by atoms with Gasteiger partial charge >= 0.3 is 0 Å². The van der Waals surface area contributed by atoms with Gasteiger partial charge in [-0.2, -0.15) is 0 Å². The number of hydrogen-bond donors (Lipinski definition) is 0. The van der Waals surface area contributed by atoms with E-state index in [1.165, 1.54) is 19.3 Å². The van der Waals surface area contributed by atoms with E-state index in [-0.39, 0.29) is 5.60 Å². The van der Waals surface area contributed by atoms with Crippen LogP contribution in [0.5, 0.6) is 0 Å². The van der Waals surface area contributed by atoms with Crippen LogP contribution in [-0.4, -0.2) is 18.5 Å². The normalized spacial score (nSPS) is 33.9. The third-order valence-corrected chi connectivity index (χ3v) is 4.30. The van der Waals surface area contributed by atoms with Crippen molar-refractivity contribution in [1.29, 1.82) is 0 Å². The molecular formula is C13H22O2. The Hall–Kier alpha value is -0.370. The highest BCUT2D eigenvalue weighted by molar-refractivity contribution is 5.84. The lowest BCUT2D eigenvalue weighted by Gasteiger charge is -2.22. The Kier molecular flexibility index (Phi) is 2.89. The molecule has 0 radical (unpaired) electrons. The third-order valence-electron chi connectivity index (χ3n) is 4.30. The molecule has 0 spiro atoms. The number of carbonyl (C=O) groups excluding carboxylic acids is 1. The summed E-state index contributed by atoms with van der Waals surface area (Å²) in [7, 11) is 1.72. The molecule has 0 aliphatic heterocycles. The molecule has 0 N–H and O–H groups in total. The summed E-state index contributed by atoms with van der Waals surface area (Å²) >= 11 is 0. The number of ether oxygens (including phenoxy) is 1. The molecule has 2 fully saturated rings. The first-order chi connectivity index (χ1) is 7.05. The zero-order valence-corrected chi connectivity index (χ0v) is 10.1. The van der Waals surface area contributed by atoms with E-state index >= 15 is 0 Å². The minimum Gasteiger partial charge on any atom is -0.379 e. The van der Waals surface area contributed by atoms with Gasteiger partial charge in [0.25, 0.3) is 0 Å². The Labute approximate surface area is 92.4 Å². The van der Waals surface area contributed by atoms with Crippen LogP contribution in [0.15, 0.2) is 0 Å². The minimum absolute atomic E-state index is 0.139. The number of methoxy groups -OCH3 is 1. The maximum Gasteiger partial charge on any atom is 0.136 e. The molecular weight excluding hydrogens is 188 g/mol. The Bertz CT molecular complexity index is 247. The van der Waals surface area contributed by atoms with Crippen LogP contribution in [-0.2, 0) is 9.53 Å². The van der Waals surface area contributed by atoms with E-state index in [9.17, 15) is 4.79 Å². The summed E-state index contributed by atoms with van der Waals surface area (Å²) in [6.45, 7) is 4.10. The second-order valence-electron chi connectivity index (χ2n) is 5.71. The maximum atomic E-state index is 11.9. The molecule has 0 amide bonds. The van der Waals surface area contributed by atoms with Gasteiger partial charge in [0.1, 0.15) is 5.78 Å². The summed E-state index contributed by atoms with van der Waals surface area (Å²) < 4.78 is 5.33. The van der Waals surface area contributed by atoms with Crippen LogP contribution in [0.4, 0.5) is 0 Å². The van der Waals surface area contributed by atoms with E-state index in [1.807, 2.05) is 13.8 Å². The zero-order chi connectivity index (χ0) is 11.1. The minimum atomic E-state index is -0.139. The largest absolute Gasteiger partial charge is 0.379 e. The van der Waals surface area contributed by atoms with Crippen molar-refractivity contribution in [3.05, 3.63) is 0 Å². The SMILES string of the molecule is COC(C)(C)CCC(=O)C1C2CCCC21. The summed E-state index contributed by atoms with van der Waals surface area (Å²) in [5.74, 6) is 2.47. The Morgan fingerprint density at radius 3 is 2.47 bits per heavy atom. The van der Waals surface area contributed by atoms with Crippen molar-refractivity contribution in [2.75, 3.05) is 7.11 Å². The highest BCUT2D eigenvalue weighted by Gasteiger charge is 2.55. The van der Waals surface area contributed by atoms with Crippen molar-refractivity contribution in [1.82, 2.24) is 0 Å². The van der Waals surface area contributed by atoms with Crippen LogP contribution in [0.25, 0.3) is 0 Å². The second kappa shape index (κ2) is 3.89. The lowest BCUT2D eigenvalue weighted by Crippen LogP contribution is -2.24. The van der Waals surface area contributed by atoms with Gasteiger partial charge in [0.05, 0.1) is 5.60 Å². The van der Waals surface area contributed by atoms with Crippen LogP contribution in [0.3, 0.4) is 0 Å². The summed E-state index contributed by atoms with van der Waals surface area (Å²) in [5.41, 5.74) is -0.139. The molecule has 0 bridgehead atoms. The third kappa shape index (κ3) is 2.25. The molecule has 2 rings (SSSR count). The molecule has 0 aromatic rings. The van der Waals surface area contributed by atoms with Crippen molar-refractivity contribution in [2.45, 2.75) is 51.6 Å². The van der Waals surface area contributed by atoms with Gasteiger partial charge in [0.2, 0.25) is 0 Å². The predicted octanol–water partition coefficient (Wildman–Crippen LogP) is 2.81. The molecule has 2 saturated carbocycles. The number of ketones is 1. The molecule has 86 valence electrons. The Morgan fingerprint density at radius 1 is 1.33 bits per heavy atom. The van der Waals surface area contributed by atoms with Crippen molar-refractivity contribution in [3.63, 3.8) is 0 Å². The van der Waals surface area contributed by atoms with Gasteiger partial charge in [-0.05, 0) is 44.9 Å². The molecule has 2 aliphatic rings. The van der Waals surface area contributed by atoms with Gasteiger partial charge in [-0.15, -0.1) is 0 Å².